The molecule has 2 aromatic heterocycles. The Balaban J connectivity index is 2.10. The van der Waals surface area contributed by atoms with Crippen molar-refractivity contribution in [3.8, 4) is 12.3 Å². The maximum Gasteiger partial charge on any atom is 0.273 e. The lowest BCUT2D eigenvalue weighted by Gasteiger charge is -1.98. The number of nitrogens with zero attached hydrogens (tertiary/aromatic N) is 3. The zero-order valence-corrected chi connectivity index (χ0v) is 10.9. The van der Waals surface area contributed by atoms with Crippen LogP contribution in [0.15, 0.2) is 35.1 Å². The average molecular weight is 275 g/mol. The molecule has 0 aromatic carbocycles. The number of terminal acetylenes is 1. The van der Waals surface area contributed by atoms with E-state index in [4.69, 9.17) is 6.42 Å². The number of thioether (sulfide) groups is 1. The fraction of sp³-hybridized carbons (Fsp3) is 0.0833. The van der Waals surface area contributed by atoms with E-state index < -0.39 is 0 Å². The molecule has 0 saturated heterocycles. The van der Waals surface area contributed by atoms with Gasteiger partial charge in [0.2, 0.25) is 0 Å². The first-order chi connectivity index (χ1) is 8.81. The van der Waals surface area contributed by atoms with Gasteiger partial charge in [0.25, 0.3) is 5.91 Å². The highest BCUT2D eigenvalue weighted by Crippen LogP contribution is 2.14. The fourth-order valence-corrected chi connectivity index (χ4v) is 2.41. The van der Waals surface area contributed by atoms with E-state index in [1.165, 1.54) is 28.8 Å². The van der Waals surface area contributed by atoms with Gasteiger partial charge in [-0.1, -0.05) is 23.7 Å². The highest BCUT2D eigenvalue weighted by Gasteiger charge is 2.09. The van der Waals surface area contributed by atoms with Crippen LogP contribution in [0, 0.1) is 12.3 Å². The lowest BCUT2D eigenvalue weighted by atomic mass is 10.4. The van der Waals surface area contributed by atoms with Crippen LogP contribution in [-0.2, 0) is 0 Å². The van der Waals surface area contributed by atoms with E-state index in [-0.39, 0.29) is 5.91 Å². The van der Waals surface area contributed by atoms with Gasteiger partial charge in [-0.2, -0.15) is 9.78 Å². The standard InChI is InChI=1S/C12H9N3OS2/c1-2-7-18-12-13-9-14-15(12)11(16)6-5-10-4-3-8-17-10/h1,3-6,8-9H,7H2/b6-5+. The highest BCUT2D eigenvalue weighted by atomic mass is 32.2. The summed E-state index contributed by atoms with van der Waals surface area (Å²) in [5, 5.41) is 6.35. The van der Waals surface area contributed by atoms with Crippen LogP contribution in [0.3, 0.4) is 0 Å². The van der Waals surface area contributed by atoms with E-state index in [1.54, 1.807) is 17.4 Å². The zero-order valence-electron chi connectivity index (χ0n) is 9.31. The van der Waals surface area contributed by atoms with Crippen molar-refractivity contribution < 1.29 is 4.79 Å². The molecule has 4 nitrogen and oxygen atoms in total. The van der Waals surface area contributed by atoms with Crippen molar-refractivity contribution in [1.82, 2.24) is 14.8 Å². The van der Waals surface area contributed by atoms with Crippen molar-refractivity contribution in [2.45, 2.75) is 5.16 Å². The fourth-order valence-electron chi connectivity index (χ4n) is 1.20. The van der Waals surface area contributed by atoms with Gasteiger partial charge in [-0.3, -0.25) is 4.79 Å². The molecule has 0 saturated carbocycles. The Bertz CT molecular complexity index is 593. The average Bonchev–Trinajstić information content (AvgIpc) is 3.04. The molecule has 2 heterocycles. The Morgan fingerprint density at radius 3 is 3.28 bits per heavy atom. The molecule has 0 atom stereocenters. The van der Waals surface area contributed by atoms with Crippen LogP contribution in [-0.4, -0.2) is 26.4 Å². The predicted octanol–water partition coefficient (Wildman–Crippen LogP) is 2.42. The summed E-state index contributed by atoms with van der Waals surface area (Å²) in [4.78, 5) is 16.9. The van der Waals surface area contributed by atoms with Gasteiger partial charge < -0.3 is 0 Å². The first-order valence-corrected chi connectivity index (χ1v) is 6.90. The molecule has 2 aromatic rings. The van der Waals surface area contributed by atoms with Gasteiger partial charge in [0.05, 0.1) is 5.75 Å². The molecule has 2 rings (SSSR count). The van der Waals surface area contributed by atoms with E-state index in [0.29, 0.717) is 10.9 Å². The molecule has 90 valence electrons. The topological polar surface area (TPSA) is 47.8 Å². The van der Waals surface area contributed by atoms with Crippen LogP contribution in [0.5, 0.6) is 0 Å². The van der Waals surface area contributed by atoms with Gasteiger partial charge in [-0.25, -0.2) is 4.98 Å². The summed E-state index contributed by atoms with van der Waals surface area (Å²) in [6.07, 6.45) is 9.74. The molecule has 0 aliphatic rings. The summed E-state index contributed by atoms with van der Waals surface area (Å²) in [7, 11) is 0. The van der Waals surface area contributed by atoms with Crippen molar-refractivity contribution in [2.24, 2.45) is 0 Å². The van der Waals surface area contributed by atoms with Crippen molar-refractivity contribution in [2.75, 3.05) is 5.75 Å². The number of hydrogen-bond acceptors (Lipinski definition) is 5. The summed E-state index contributed by atoms with van der Waals surface area (Å²) >= 11 is 2.87. The Labute approximate surface area is 113 Å². The molecule has 0 aliphatic carbocycles. The molecule has 0 bridgehead atoms. The SMILES string of the molecule is C#CCSc1ncnn1C(=O)/C=C/c1cccs1. The maximum absolute atomic E-state index is 11.9. The lowest BCUT2D eigenvalue weighted by Crippen LogP contribution is -2.10. The summed E-state index contributed by atoms with van der Waals surface area (Å²) in [6.45, 7) is 0. The maximum atomic E-state index is 11.9. The highest BCUT2D eigenvalue weighted by molar-refractivity contribution is 7.99. The minimum absolute atomic E-state index is 0.236. The molecule has 0 amide bonds. The molecule has 18 heavy (non-hydrogen) atoms. The van der Waals surface area contributed by atoms with Crippen molar-refractivity contribution in [3.63, 3.8) is 0 Å². The number of carbonyl (C=O) groups excluding carboxylic acids is 1. The Morgan fingerprint density at radius 1 is 1.67 bits per heavy atom. The monoisotopic (exact) mass is 275 g/mol. The van der Waals surface area contributed by atoms with Crippen molar-refractivity contribution in [3.05, 3.63) is 34.8 Å². The zero-order chi connectivity index (χ0) is 12.8. The normalized spacial score (nSPS) is 10.6. The second kappa shape index (κ2) is 6.19. The summed E-state index contributed by atoms with van der Waals surface area (Å²) in [5.74, 6) is 2.70. The van der Waals surface area contributed by atoms with Gasteiger partial charge in [0, 0.05) is 11.0 Å². The van der Waals surface area contributed by atoms with Crippen molar-refractivity contribution >= 4 is 35.1 Å². The number of thiophene rings is 1. The third-order valence-corrected chi connectivity index (χ3v) is 3.63. The van der Waals surface area contributed by atoms with Crippen LogP contribution in [0.1, 0.15) is 9.67 Å². The lowest BCUT2D eigenvalue weighted by molar-refractivity contribution is 0.0943. The van der Waals surface area contributed by atoms with Gasteiger partial charge in [0.1, 0.15) is 6.33 Å². The summed E-state index contributed by atoms with van der Waals surface area (Å²) in [6, 6.07) is 3.86. The number of rotatable bonds is 4. The van der Waals surface area contributed by atoms with Crippen LogP contribution in [0.2, 0.25) is 0 Å². The second-order valence-corrected chi connectivity index (χ2v) is 5.06. The third-order valence-electron chi connectivity index (χ3n) is 1.94. The van der Waals surface area contributed by atoms with Gasteiger partial charge in [-0.05, 0) is 17.5 Å². The second-order valence-electron chi connectivity index (χ2n) is 3.13. The molecule has 0 fully saturated rings. The Kier molecular flexibility index (Phi) is 4.34. The van der Waals surface area contributed by atoms with Gasteiger partial charge in [-0.15, -0.1) is 17.8 Å². The third kappa shape index (κ3) is 3.09. The summed E-state index contributed by atoms with van der Waals surface area (Å²) < 4.78 is 1.24. The van der Waals surface area contributed by atoms with E-state index in [2.05, 4.69) is 16.0 Å². The summed E-state index contributed by atoms with van der Waals surface area (Å²) in [5.41, 5.74) is 0. The van der Waals surface area contributed by atoms with Crippen LogP contribution < -0.4 is 0 Å². The van der Waals surface area contributed by atoms with Crippen molar-refractivity contribution in [1.29, 1.82) is 0 Å². The smallest absolute Gasteiger partial charge is 0.267 e. The number of hydrogen-bond donors (Lipinski definition) is 0. The Morgan fingerprint density at radius 2 is 2.56 bits per heavy atom. The minimum atomic E-state index is -0.236. The quantitative estimate of drug-likeness (QED) is 0.488. The molecule has 6 heteroatoms. The minimum Gasteiger partial charge on any atom is -0.267 e. The largest absolute Gasteiger partial charge is 0.273 e. The molecule has 0 N–H and O–H groups in total. The Hall–Kier alpha value is -1.84. The van der Waals surface area contributed by atoms with Crippen LogP contribution in [0.25, 0.3) is 6.08 Å². The molecule has 0 unspecified atom stereocenters. The van der Waals surface area contributed by atoms with Gasteiger partial charge in [0.15, 0.2) is 5.16 Å². The van der Waals surface area contributed by atoms with E-state index >= 15 is 0 Å². The van der Waals surface area contributed by atoms with Gasteiger partial charge >= 0.3 is 0 Å². The number of aromatic nitrogens is 3. The molecule has 0 spiro atoms. The number of carbonyl (C=O) groups is 1. The van der Waals surface area contributed by atoms with Crippen LogP contribution >= 0.6 is 23.1 Å². The van der Waals surface area contributed by atoms with E-state index in [0.717, 1.165) is 4.88 Å². The predicted molar refractivity (Wildman–Crippen MR) is 73.6 cm³/mol. The number of allylic oxidation sites excluding steroid dienone is 1. The molecule has 0 aliphatic heterocycles. The van der Waals surface area contributed by atoms with E-state index in [1.807, 2.05) is 17.5 Å². The molecular weight excluding hydrogens is 266 g/mol. The molecular formula is C12H9N3OS2. The van der Waals surface area contributed by atoms with Crippen LogP contribution in [0.4, 0.5) is 0 Å². The first kappa shape index (κ1) is 12.6. The van der Waals surface area contributed by atoms with E-state index in [9.17, 15) is 4.79 Å². The molecule has 0 radical (unpaired) electrons. The first-order valence-electron chi connectivity index (χ1n) is 5.03.